The SMILES string of the molecule is CCCn1ncnc1CC(CCl)CC(C)C. The van der Waals surface area contributed by atoms with Crippen molar-refractivity contribution >= 4 is 11.6 Å². The molecule has 0 saturated carbocycles. The van der Waals surface area contributed by atoms with E-state index in [4.69, 9.17) is 11.6 Å². The first kappa shape index (κ1) is 13.5. The van der Waals surface area contributed by atoms with Gasteiger partial charge < -0.3 is 0 Å². The Morgan fingerprint density at radius 1 is 1.44 bits per heavy atom. The molecule has 4 heteroatoms. The lowest BCUT2D eigenvalue weighted by atomic mass is 9.95. The average molecular weight is 244 g/mol. The first-order valence-electron chi connectivity index (χ1n) is 6.10. The third-order valence-electron chi connectivity index (χ3n) is 2.63. The van der Waals surface area contributed by atoms with Crippen molar-refractivity contribution < 1.29 is 0 Å². The van der Waals surface area contributed by atoms with Crippen molar-refractivity contribution in [3.05, 3.63) is 12.2 Å². The Kier molecular flexibility index (Phi) is 5.81. The maximum absolute atomic E-state index is 6.00. The molecule has 3 nitrogen and oxygen atoms in total. The number of alkyl halides is 1. The second-order valence-corrected chi connectivity index (χ2v) is 5.06. The zero-order valence-corrected chi connectivity index (χ0v) is 11.2. The van der Waals surface area contributed by atoms with Crippen LogP contribution in [0.1, 0.15) is 39.4 Å². The van der Waals surface area contributed by atoms with E-state index < -0.39 is 0 Å². The van der Waals surface area contributed by atoms with Crippen LogP contribution in [0, 0.1) is 11.8 Å². The molecule has 1 atom stereocenters. The number of hydrogen-bond donors (Lipinski definition) is 0. The van der Waals surface area contributed by atoms with E-state index >= 15 is 0 Å². The number of nitrogens with zero attached hydrogens (tertiary/aromatic N) is 3. The van der Waals surface area contributed by atoms with Crippen LogP contribution in [0.2, 0.25) is 0 Å². The lowest BCUT2D eigenvalue weighted by Crippen LogP contribution is -2.14. The molecule has 0 aromatic carbocycles. The second-order valence-electron chi connectivity index (χ2n) is 4.75. The normalized spacial score (nSPS) is 13.3. The van der Waals surface area contributed by atoms with E-state index in [9.17, 15) is 0 Å². The monoisotopic (exact) mass is 243 g/mol. The first-order chi connectivity index (χ1) is 7.67. The zero-order valence-electron chi connectivity index (χ0n) is 10.5. The summed E-state index contributed by atoms with van der Waals surface area (Å²) in [5.41, 5.74) is 0. The zero-order chi connectivity index (χ0) is 12.0. The first-order valence-corrected chi connectivity index (χ1v) is 6.63. The summed E-state index contributed by atoms with van der Waals surface area (Å²) in [7, 11) is 0. The maximum atomic E-state index is 6.00. The summed E-state index contributed by atoms with van der Waals surface area (Å²) < 4.78 is 2.00. The fraction of sp³-hybridized carbons (Fsp3) is 0.833. The van der Waals surface area contributed by atoms with Gasteiger partial charge in [-0.1, -0.05) is 20.8 Å². The summed E-state index contributed by atoms with van der Waals surface area (Å²) in [6.07, 6.45) is 4.84. The molecule has 1 heterocycles. The van der Waals surface area contributed by atoms with Gasteiger partial charge in [0.2, 0.25) is 0 Å². The molecule has 1 aromatic rings. The molecule has 0 spiro atoms. The standard InChI is InChI=1S/C12H22ClN3/c1-4-5-16-12(14-9-15-16)7-11(8-13)6-10(2)3/h9-11H,4-8H2,1-3H3. The van der Waals surface area contributed by atoms with Crippen LogP contribution in [-0.2, 0) is 13.0 Å². The lowest BCUT2D eigenvalue weighted by molar-refractivity contribution is 0.422. The highest BCUT2D eigenvalue weighted by atomic mass is 35.5. The number of aromatic nitrogens is 3. The van der Waals surface area contributed by atoms with Crippen LogP contribution in [0.4, 0.5) is 0 Å². The van der Waals surface area contributed by atoms with E-state index in [0.29, 0.717) is 17.7 Å². The Hall–Kier alpha value is -0.570. The molecule has 1 aromatic heterocycles. The van der Waals surface area contributed by atoms with Crippen LogP contribution in [0.15, 0.2) is 6.33 Å². The Bertz CT molecular complexity index is 296. The number of rotatable bonds is 7. The molecule has 0 radical (unpaired) electrons. The Balaban J connectivity index is 2.58. The Morgan fingerprint density at radius 2 is 2.19 bits per heavy atom. The van der Waals surface area contributed by atoms with E-state index in [1.54, 1.807) is 6.33 Å². The van der Waals surface area contributed by atoms with Crippen LogP contribution in [0.25, 0.3) is 0 Å². The smallest absolute Gasteiger partial charge is 0.138 e. The Morgan fingerprint density at radius 3 is 2.75 bits per heavy atom. The van der Waals surface area contributed by atoms with Gasteiger partial charge in [0.15, 0.2) is 0 Å². The van der Waals surface area contributed by atoms with E-state index in [1.165, 1.54) is 0 Å². The van der Waals surface area contributed by atoms with Crippen molar-refractivity contribution in [2.75, 3.05) is 5.88 Å². The fourth-order valence-electron chi connectivity index (χ4n) is 1.97. The van der Waals surface area contributed by atoms with Crippen LogP contribution in [-0.4, -0.2) is 20.6 Å². The van der Waals surface area contributed by atoms with Gasteiger partial charge in [-0.3, -0.25) is 4.68 Å². The average Bonchev–Trinajstić information content (AvgIpc) is 2.65. The predicted octanol–water partition coefficient (Wildman–Crippen LogP) is 3.13. The largest absolute Gasteiger partial charge is 0.250 e. The molecule has 92 valence electrons. The number of halogens is 1. The van der Waals surface area contributed by atoms with Gasteiger partial charge in [-0.05, 0) is 24.7 Å². The summed E-state index contributed by atoms with van der Waals surface area (Å²) in [6, 6.07) is 0. The second kappa shape index (κ2) is 6.89. The third-order valence-corrected chi connectivity index (χ3v) is 3.06. The van der Waals surface area contributed by atoms with Crippen LogP contribution < -0.4 is 0 Å². The van der Waals surface area contributed by atoms with E-state index in [0.717, 1.165) is 31.6 Å². The summed E-state index contributed by atoms with van der Waals surface area (Å²) >= 11 is 6.00. The van der Waals surface area contributed by atoms with Crippen LogP contribution in [0.3, 0.4) is 0 Å². The van der Waals surface area contributed by atoms with Gasteiger partial charge in [-0.25, -0.2) is 4.98 Å². The molecular formula is C12H22ClN3. The third kappa shape index (κ3) is 4.12. The van der Waals surface area contributed by atoms with Crippen molar-refractivity contribution in [1.82, 2.24) is 14.8 Å². The highest BCUT2D eigenvalue weighted by molar-refractivity contribution is 6.18. The molecular weight excluding hydrogens is 222 g/mol. The topological polar surface area (TPSA) is 30.7 Å². The van der Waals surface area contributed by atoms with Crippen LogP contribution >= 0.6 is 11.6 Å². The van der Waals surface area contributed by atoms with E-state index in [1.807, 2.05) is 4.68 Å². The highest BCUT2D eigenvalue weighted by Gasteiger charge is 2.14. The van der Waals surface area contributed by atoms with Crippen molar-refractivity contribution in [3.63, 3.8) is 0 Å². The van der Waals surface area contributed by atoms with Crippen molar-refractivity contribution in [2.45, 2.75) is 46.6 Å². The van der Waals surface area contributed by atoms with Crippen molar-refractivity contribution in [2.24, 2.45) is 11.8 Å². The highest BCUT2D eigenvalue weighted by Crippen LogP contribution is 2.17. The molecule has 0 N–H and O–H groups in total. The minimum absolute atomic E-state index is 0.515. The van der Waals surface area contributed by atoms with E-state index in [2.05, 4.69) is 30.9 Å². The van der Waals surface area contributed by atoms with Gasteiger partial charge in [-0.15, -0.1) is 11.6 Å². The van der Waals surface area contributed by atoms with Gasteiger partial charge in [0.25, 0.3) is 0 Å². The lowest BCUT2D eigenvalue weighted by Gasteiger charge is -2.15. The minimum Gasteiger partial charge on any atom is -0.250 e. The molecule has 0 amide bonds. The predicted molar refractivity (Wildman–Crippen MR) is 67.7 cm³/mol. The van der Waals surface area contributed by atoms with Gasteiger partial charge in [0.05, 0.1) is 0 Å². The van der Waals surface area contributed by atoms with Crippen LogP contribution in [0.5, 0.6) is 0 Å². The fourth-order valence-corrected chi connectivity index (χ4v) is 2.21. The number of aryl methyl sites for hydroxylation is 1. The summed E-state index contributed by atoms with van der Waals surface area (Å²) in [5.74, 6) is 2.98. The van der Waals surface area contributed by atoms with Gasteiger partial charge in [-0.2, -0.15) is 5.10 Å². The molecule has 0 fully saturated rings. The molecule has 16 heavy (non-hydrogen) atoms. The van der Waals surface area contributed by atoms with Gasteiger partial charge >= 0.3 is 0 Å². The summed E-state index contributed by atoms with van der Waals surface area (Å²) in [5, 5.41) is 4.23. The molecule has 0 aliphatic heterocycles. The molecule has 0 saturated heterocycles. The van der Waals surface area contributed by atoms with Gasteiger partial charge in [0, 0.05) is 18.8 Å². The Labute approximate surface area is 103 Å². The summed E-state index contributed by atoms with van der Waals surface area (Å²) in [6.45, 7) is 7.57. The molecule has 0 aliphatic rings. The molecule has 1 unspecified atom stereocenters. The minimum atomic E-state index is 0.515. The number of hydrogen-bond acceptors (Lipinski definition) is 2. The molecule has 0 aliphatic carbocycles. The summed E-state index contributed by atoms with van der Waals surface area (Å²) in [4.78, 5) is 4.32. The van der Waals surface area contributed by atoms with Gasteiger partial charge in [0.1, 0.15) is 12.2 Å². The molecule has 0 bridgehead atoms. The maximum Gasteiger partial charge on any atom is 0.138 e. The van der Waals surface area contributed by atoms with E-state index in [-0.39, 0.29) is 0 Å². The molecule has 1 rings (SSSR count). The van der Waals surface area contributed by atoms with Crippen molar-refractivity contribution in [1.29, 1.82) is 0 Å². The van der Waals surface area contributed by atoms with Crippen molar-refractivity contribution in [3.8, 4) is 0 Å². The quantitative estimate of drug-likeness (QED) is 0.689.